The SMILES string of the molecule is CC.CC1CCN(c2ncc3c4c(c(-c5c(F)ccc6sc(N)c(C#N)c56)c(F)c3n2)COC4)C1.CCC. The van der Waals surface area contributed by atoms with Crippen LogP contribution in [-0.2, 0) is 18.0 Å². The fourth-order valence-electron chi connectivity index (χ4n) is 4.97. The van der Waals surface area contributed by atoms with Gasteiger partial charge in [-0.3, -0.25) is 0 Å². The number of nitrogen functional groups attached to an aromatic ring is 1. The van der Waals surface area contributed by atoms with Crippen LogP contribution in [-0.4, -0.2) is 23.1 Å². The molecular weight excluding hydrogens is 504 g/mol. The van der Waals surface area contributed by atoms with E-state index < -0.39 is 11.6 Å². The molecule has 4 heterocycles. The summed E-state index contributed by atoms with van der Waals surface area (Å²) >= 11 is 1.19. The highest BCUT2D eigenvalue weighted by Crippen LogP contribution is 2.46. The van der Waals surface area contributed by atoms with E-state index in [4.69, 9.17) is 10.5 Å². The molecule has 2 N–H and O–H groups in total. The molecule has 6 rings (SSSR count). The van der Waals surface area contributed by atoms with Crippen LogP contribution < -0.4 is 10.6 Å². The Morgan fingerprint density at radius 1 is 1.18 bits per heavy atom. The summed E-state index contributed by atoms with van der Waals surface area (Å²) in [6, 6.07) is 4.92. The number of nitrogens with two attached hydrogens (primary N) is 1. The van der Waals surface area contributed by atoms with E-state index in [1.165, 1.54) is 23.8 Å². The Labute approximate surface area is 226 Å². The number of nitrogens with zero attached hydrogens (tertiary/aromatic N) is 4. The molecule has 2 aliphatic rings. The van der Waals surface area contributed by atoms with E-state index in [1.54, 1.807) is 12.3 Å². The Bertz CT molecular complexity index is 1530. The normalized spacial score (nSPS) is 16.1. The highest BCUT2D eigenvalue weighted by molar-refractivity contribution is 7.23. The zero-order chi connectivity index (χ0) is 27.6. The first kappa shape index (κ1) is 27.7. The van der Waals surface area contributed by atoms with Crippen LogP contribution in [0.3, 0.4) is 0 Å². The quantitative estimate of drug-likeness (QED) is 0.284. The molecule has 2 aliphatic heterocycles. The molecule has 1 saturated heterocycles. The molecule has 200 valence electrons. The number of benzene rings is 2. The van der Waals surface area contributed by atoms with E-state index in [0.29, 0.717) is 32.9 Å². The summed E-state index contributed by atoms with van der Waals surface area (Å²) < 4.78 is 37.9. The lowest BCUT2D eigenvalue weighted by atomic mass is 9.90. The first-order chi connectivity index (χ1) is 18.4. The predicted molar refractivity (Wildman–Crippen MR) is 151 cm³/mol. The maximum Gasteiger partial charge on any atom is 0.225 e. The zero-order valence-corrected chi connectivity index (χ0v) is 23.3. The van der Waals surface area contributed by atoms with E-state index in [2.05, 4.69) is 36.8 Å². The number of ether oxygens (including phenoxy) is 1. The van der Waals surface area contributed by atoms with Gasteiger partial charge in [0, 0.05) is 45.9 Å². The summed E-state index contributed by atoms with van der Waals surface area (Å²) in [5, 5.41) is 10.9. The lowest BCUT2D eigenvalue weighted by Gasteiger charge is -2.18. The molecule has 0 radical (unpaired) electrons. The van der Waals surface area contributed by atoms with Crippen LogP contribution in [0.5, 0.6) is 0 Å². The third-order valence-corrected chi connectivity index (χ3v) is 7.57. The molecule has 1 unspecified atom stereocenters. The number of nitriles is 1. The van der Waals surface area contributed by atoms with Crippen molar-refractivity contribution in [3.63, 3.8) is 0 Å². The van der Waals surface area contributed by atoms with Crippen LogP contribution in [0.4, 0.5) is 19.7 Å². The molecule has 0 spiro atoms. The first-order valence-electron chi connectivity index (χ1n) is 13.1. The summed E-state index contributed by atoms with van der Waals surface area (Å²) in [6.45, 7) is 12.4. The van der Waals surface area contributed by atoms with Gasteiger partial charge in [0.1, 0.15) is 22.4 Å². The van der Waals surface area contributed by atoms with E-state index in [0.717, 1.165) is 25.1 Å². The monoisotopic (exact) mass is 537 g/mol. The first-order valence-corrected chi connectivity index (χ1v) is 13.9. The summed E-state index contributed by atoms with van der Waals surface area (Å²) in [7, 11) is 0. The lowest BCUT2D eigenvalue weighted by molar-refractivity contribution is 0.135. The van der Waals surface area contributed by atoms with Crippen LogP contribution in [0.1, 0.15) is 64.2 Å². The number of hydrogen-bond donors (Lipinski definition) is 1. The fourth-order valence-corrected chi connectivity index (χ4v) is 5.90. The Morgan fingerprint density at radius 3 is 2.55 bits per heavy atom. The second-order valence-corrected chi connectivity index (χ2v) is 10.5. The lowest BCUT2D eigenvalue weighted by Crippen LogP contribution is -2.21. The largest absolute Gasteiger partial charge is 0.389 e. The van der Waals surface area contributed by atoms with Gasteiger partial charge in [0.05, 0.1) is 18.8 Å². The molecule has 0 bridgehead atoms. The van der Waals surface area contributed by atoms with Gasteiger partial charge in [-0.15, -0.1) is 11.3 Å². The number of rotatable bonds is 2. The van der Waals surface area contributed by atoms with Crippen molar-refractivity contribution in [1.29, 1.82) is 5.26 Å². The van der Waals surface area contributed by atoms with Gasteiger partial charge < -0.3 is 15.4 Å². The van der Waals surface area contributed by atoms with Crippen molar-refractivity contribution >= 4 is 43.3 Å². The molecular formula is C29H33F2N5OS. The summed E-state index contributed by atoms with van der Waals surface area (Å²) in [5.41, 5.74) is 7.76. The second-order valence-electron chi connectivity index (χ2n) is 9.37. The number of hydrogen-bond acceptors (Lipinski definition) is 7. The molecule has 2 aromatic heterocycles. The number of aromatic nitrogens is 2. The maximum absolute atomic E-state index is 16.3. The van der Waals surface area contributed by atoms with Crippen LogP contribution in [0, 0.1) is 28.9 Å². The van der Waals surface area contributed by atoms with E-state index in [1.807, 2.05) is 18.7 Å². The van der Waals surface area contributed by atoms with Gasteiger partial charge in [-0.05, 0) is 35.6 Å². The number of anilines is 2. The molecule has 6 nitrogen and oxygen atoms in total. The number of fused-ring (bicyclic) bond motifs is 4. The van der Waals surface area contributed by atoms with Gasteiger partial charge in [0.2, 0.25) is 5.95 Å². The highest BCUT2D eigenvalue weighted by Gasteiger charge is 2.31. The standard InChI is InChI=1S/C24H19F2N5OS.C3H8.C2H6/c1-11-4-5-31(8-11)24-29-7-13-14-9-32-10-15(14)19(21(26)22(13)30-24)20-16(25)2-3-17-18(20)12(6-27)23(28)33-17;1-3-2;1-2/h2-3,7,11H,4-5,8-10,28H2,1H3;3H2,1-2H3;1-2H3. The minimum Gasteiger partial charge on any atom is -0.389 e. The van der Waals surface area contributed by atoms with Crippen molar-refractivity contribution < 1.29 is 13.5 Å². The van der Waals surface area contributed by atoms with Gasteiger partial charge in [-0.1, -0.05) is 41.0 Å². The minimum absolute atomic E-state index is 0.0353. The van der Waals surface area contributed by atoms with Gasteiger partial charge in [0.25, 0.3) is 0 Å². The van der Waals surface area contributed by atoms with Gasteiger partial charge in [-0.25, -0.2) is 18.7 Å². The smallest absolute Gasteiger partial charge is 0.225 e. The molecule has 0 saturated carbocycles. The average molecular weight is 538 g/mol. The number of thiophene rings is 1. The van der Waals surface area contributed by atoms with Crippen molar-refractivity contribution in [2.24, 2.45) is 5.92 Å². The Kier molecular flexibility index (Phi) is 8.44. The van der Waals surface area contributed by atoms with E-state index >= 15 is 8.78 Å². The molecule has 0 aliphatic carbocycles. The summed E-state index contributed by atoms with van der Waals surface area (Å²) in [4.78, 5) is 11.1. The summed E-state index contributed by atoms with van der Waals surface area (Å²) in [5.74, 6) is -0.276. The van der Waals surface area contributed by atoms with Gasteiger partial charge in [0.15, 0.2) is 5.82 Å². The molecule has 1 fully saturated rings. The maximum atomic E-state index is 16.3. The third kappa shape index (κ3) is 4.67. The minimum atomic E-state index is -0.634. The number of halogens is 2. The van der Waals surface area contributed by atoms with Crippen LogP contribution in [0.25, 0.3) is 32.1 Å². The average Bonchev–Trinajstić information content (AvgIpc) is 3.65. The Morgan fingerprint density at radius 2 is 1.89 bits per heavy atom. The molecule has 38 heavy (non-hydrogen) atoms. The molecule has 9 heteroatoms. The van der Waals surface area contributed by atoms with Crippen LogP contribution in [0.15, 0.2) is 18.3 Å². The van der Waals surface area contributed by atoms with E-state index in [-0.39, 0.29) is 40.4 Å². The fraction of sp³-hybridized carbons (Fsp3) is 0.414. The van der Waals surface area contributed by atoms with Crippen LogP contribution >= 0.6 is 11.3 Å². The third-order valence-electron chi connectivity index (χ3n) is 6.59. The van der Waals surface area contributed by atoms with Crippen molar-refractivity contribution in [3.8, 4) is 17.2 Å². The molecule has 1 atom stereocenters. The Hall–Kier alpha value is -3.35. The highest BCUT2D eigenvalue weighted by atomic mass is 32.1. The van der Waals surface area contributed by atoms with Crippen LogP contribution in [0.2, 0.25) is 0 Å². The van der Waals surface area contributed by atoms with Gasteiger partial charge >= 0.3 is 0 Å². The van der Waals surface area contributed by atoms with Crippen molar-refractivity contribution in [1.82, 2.24) is 9.97 Å². The Balaban J connectivity index is 0.000000630. The topological polar surface area (TPSA) is 88.1 Å². The van der Waals surface area contributed by atoms with Crippen molar-refractivity contribution in [3.05, 3.63) is 46.7 Å². The van der Waals surface area contributed by atoms with E-state index in [9.17, 15) is 5.26 Å². The molecule has 4 aromatic rings. The van der Waals surface area contributed by atoms with Crippen molar-refractivity contribution in [2.75, 3.05) is 23.7 Å². The molecule has 2 aromatic carbocycles. The predicted octanol–water partition coefficient (Wildman–Crippen LogP) is 7.56. The second kappa shape index (κ2) is 11.6. The summed E-state index contributed by atoms with van der Waals surface area (Å²) in [6.07, 6.45) is 3.91. The zero-order valence-electron chi connectivity index (χ0n) is 22.5. The van der Waals surface area contributed by atoms with Gasteiger partial charge in [-0.2, -0.15) is 5.26 Å². The molecule has 0 amide bonds. The van der Waals surface area contributed by atoms with Crippen molar-refractivity contribution in [2.45, 2.75) is 60.7 Å².